The van der Waals surface area contributed by atoms with Crippen molar-refractivity contribution in [3.8, 4) is 0 Å². The highest BCUT2D eigenvalue weighted by molar-refractivity contribution is 9.10. The van der Waals surface area contributed by atoms with Crippen LogP contribution in [0.3, 0.4) is 0 Å². The maximum absolute atomic E-state index is 13.2. The Labute approximate surface area is 89.6 Å². The van der Waals surface area contributed by atoms with Gasteiger partial charge in [-0.3, -0.25) is 4.79 Å². The zero-order valence-electron chi connectivity index (χ0n) is 7.55. The minimum atomic E-state index is -0.665. The smallest absolute Gasteiger partial charge is 0.241 e. The number of anilines is 1. The number of para-hydroxylation sites is 1. The van der Waals surface area contributed by atoms with Gasteiger partial charge in [-0.25, -0.2) is 4.39 Å². The van der Waals surface area contributed by atoms with E-state index in [2.05, 4.69) is 21.2 Å². The summed E-state index contributed by atoms with van der Waals surface area (Å²) in [5, 5.41) is 2.39. The minimum Gasteiger partial charge on any atom is -0.321 e. The Balaban J connectivity index is 2.91. The molecule has 1 amide bonds. The number of carbonyl (C=O) groups is 1. The first kappa shape index (κ1) is 11.1. The topological polar surface area (TPSA) is 55.1 Å². The van der Waals surface area contributed by atoms with Crippen molar-refractivity contribution >= 4 is 27.5 Å². The van der Waals surface area contributed by atoms with Crippen molar-refractivity contribution in [1.82, 2.24) is 0 Å². The summed E-state index contributed by atoms with van der Waals surface area (Å²) in [5.41, 5.74) is 5.45. The first-order chi connectivity index (χ1) is 6.52. The van der Waals surface area contributed by atoms with E-state index in [9.17, 15) is 9.18 Å². The number of nitrogens with one attached hydrogen (secondary N) is 1. The fraction of sp³-hybridized carbons (Fsp3) is 0.222. The van der Waals surface area contributed by atoms with Gasteiger partial charge in [0, 0.05) is 4.47 Å². The molecule has 0 bridgehead atoms. The van der Waals surface area contributed by atoms with Crippen LogP contribution < -0.4 is 11.1 Å². The van der Waals surface area contributed by atoms with Crippen molar-refractivity contribution in [2.75, 3.05) is 5.32 Å². The number of hydrogen-bond donors (Lipinski definition) is 2. The Kier molecular flexibility index (Phi) is 3.60. The maximum atomic E-state index is 13.2. The third-order valence-corrected chi connectivity index (χ3v) is 2.29. The molecule has 3 nitrogen and oxygen atoms in total. The number of nitrogens with two attached hydrogens (primary N) is 1. The lowest BCUT2D eigenvalue weighted by Crippen LogP contribution is -2.32. The number of carbonyl (C=O) groups excluding carboxylic acids is 1. The third-order valence-electron chi connectivity index (χ3n) is 1.62. The van der Waals surface area contributed by atoms with Crippen LogP contribution in [0.4, 0.5) is 10.1 Å². The molecule has 0 aromatic heterocycles. The summed E-state index contributed by atoms with van der Waals surface area (Å²) in [4.78, 5) is 11.2. The number of rotatable bonds is 2. The summed E-state index contributed by atoms with van der Waals surface area (Å²) in [7, 11) is 0. The van der Waals surface area contributed by atoms with Gasteiger partial charge < -0.3 is 11.1 Å². The molecule has 76 valence electrons. The molecule has 0 aliphatic carbocycles. The van der Waals surface area contributed by atoms with E-state index in [1.807, 2.05) is 0 Å². The molecular weight excluding hydrogens is 251 g/mol. The standard InChI is InChI=1S/C9H10BrFN2O/c1-5(12)9(14)13-8-6(10)3-2-4-7(8)11/h2-5H,12H2,1H3,(H,13,14)/t5-/m0/s1. The molecule has 0 aliphatic rings. The van der Waals surface area contributed by atoms with Gasteiger partial charge in [0.15, 0.2) is 0 Å². The van der Waals surface area contributed by atoms with E-state index in [0.29, 0.717) is 4.47 Å². The average Bonchev–Trinajstić information content (AvgIpc) is 2.11. The van der Waals surface area contributed by atoms with E-state index >= 15 is 0 Å². The second-order valence-electron chi connectivity index (χ2n) is 2.87. The summed E-state index contributed by atoms with van der Waals surface area (Å²) >= 11 is 3.13. The molecule has 0 saturated heterocycles. The highest BCUT2D eigenvalue weighted by Crippen LogP contribution is 2.24. The highest BCUT2D eigenvalue weighted by Gasteiger charge is 2.12. The molecule has 0 saturated carbocycles. The fourth-order valence-corrected chi connectivity index (χ4v) is 1.30. The lowest BCUT2D eigenvalue weighted by molar-refractivity contribution is -0.117. The Bertz CT molecular complexity index is 334. The van der Waals surface area contributed by atoms with Crippen molar-refractivity contribution in [3.05, 3.63) is 28.5 Å². The van der Waals surface area contributed by atoms with Crippen LogP contribution in [0.2, 0.25) is 0 Å². The Morgan fingerprint density at radius 3 is 2.79 bits per heavy atom. The van der Waals surface area contributed by atoms with Crippen molar-refractivity contribution in [1.29, 1.82) is 0 Å². The number of hydrogen-bond acceptors (Lipinski definition) is 2. The van der Waals surface area contributed by atoms with Crippen molar-refractivity contribution in [2.24, 2.45) is 5.73 Å². The molecule has 0 aliphatic heterocycles. The van der Waals surface area contributed by atoms with E-state index in [-0.39, 0.29) is 5.69 Å². The van der Waals surface area contributed by atoms with Crippen LogP contribution in [0.1, 0.15) is 6.92 Å². The average molecular weight is 261 g/mol. The quantitative estimate of drug-likeness (QED) is 0.853. The van der Waals surface area contributed by atoms with Gasteiger partial charge in [0.05, 0.1) is 11.7 Å². The van der Waals surface area contributed by atoms with Crippen LogP contribution in [0, 0.1) is 5.82 Å². The molecular formula is C9H10BrFN2O. The normalized spacial score (nSPS) is 12.3. The van der Waals surface area contributed by atoms with Crippen LogP contribution in [0.5, 0.6) is 0 Å². The van der Waals surface area contributed by atoms with Gasteiger partial charge in [-0.05, 0) is 35.0 Å². The summed E-state index contributed by atoms with van der Waals surface area (Å²) in [6.45, 7) is 1.53. The second-order valence-corrected chi connectivity index (χ2v) is 3.73. The molecule has 0 fully saturated rings. The Hall–Kier alpha value is -0.940. The molecule has 5 heteroatoms. The van der Waals surface area contributed by atoms with Crippen LogP contribution >= 0.6 is 15.9 Å². The molecule has 0 unspecified atom stereocenters. The number of halogens is 2. The van der Waals surface area contributed by atoms with E-state index in [4.69, 9.17) is 5.73 Å². The van der Waals surface area contributed by atoms with Crippen LogP contribution in [0.25, 0.3) is 0 Å². The van der Waals surface area contributed by atoms with Gasteiger partial charge in [0.25, 0.3) is 0 Å². The van der Waals surface area contributed by atoms with Crippen molar-refractivity contribution in [2.45, 2.75) is 13.0 Å². The van der Waals surface area contributed by atoms with Gasteiger partial charge in [-0.15, -0.1) is 0 Å². The summed E-state index contributed by atoms with van der Waals surface area (Å²) in [6, 6.07) is 3.78. The molecule has 0 heterocycles. The van der Waals surface area contributed by atoms with E-state index in [1.54, 1.807) is 12.1 Å². The lowest BCUT2D eigenvalue weighted by atomic mass is 10.2. The third kappa shape index (κ3) is 2.52. The van der Waals surface area contributed by atoms with Crippen LogP contribution in [-0.4, -0.2) is 11.9 Å². The van der Waals surface area contributed by atoms with Crippen LogP contribution in [-0.2, 0) is 4.79 Å². The monoisotopic (exact) mass is 260 g/mol. The molecule has 0 spiro atoms. The number of benzene rings is 1. The summed E-state index contributed by atoms with van der Waals surface area (Å²) in [5.74, 6) is -0.913. The van der Waals surface area contributed by atoms with E-state index in [0.717, 1.165) is 0 Å². The van der Waals surface area contributed by atoms with Crippen molar-refractivity contribution < 1.29 is 9.18 Å². The minimum absolute atomic E-state index is 0.120. The van der Waals surface area contributed by atoms with Gasteiger partial charge in [-0.2, -0.15) is 0 Å². The Morgan fingerprint density at radius 2 is 2.29 bits per heavy atom. The largest absolute Gasteiger partial charge is 0.321 e. The first-order valence-electron chi connectivity index (χ1n) is 4.03. The number of amides is 1. The molecule has 0 radical (unpaired) electrons. The molecule has 1 atom stereocenters. The molecule has 1 aromatic carbocycles. The van der Waals surface area contributed by atoms with Gasteiger partial charge in [0.1, 0.15) is 5.82 Å². The zero-order valence-corrected chi connectivity index (χ0v) is 9.14. The predicted octanol–water partition coefficient (Wildman–Crippen LogP) is 1.87. The first-order valence-corrected chi connectivity index (χ1v) is 4.82. The van der Waals surface area contributed by atoms with E-state index < -0.39 is 17.8 Å². The summed E-state index contributed by atoms with van der Waals surface area (Å²) in [6.07, 6.45) is 0. The molecule has 1 rings (SSSR count). The molecule has 14 heavy (non-hydrogen) atoms. The zero-order chi connectivity index (χ0) is 10.7. The van der Waals surface area contributed by atoms with Gasteiger partial charge in [0.2, 0.25) is 5.91 Å². The second kappa shape index (κ2) is 4.52. The lowest BCUT2D eigenvalue weighted by Gasteiger charge is -2.09. The van der Waals surface area contributed by atoms with Gasteiger partial charge >= 0.3 is 0 Å². The van der Waals surface area contributed by atoms with E-state index in [1.165, 1.54) is 13.0 Å². The van der Waals surface area contributed by atoms with Crippen LogP contribution in [0.15, 0.2) is 22.7 Å². The molecule has 3 N–H and O–H groups in total. The molecule has 1 aromatic rings. The maximum Gasteiger partial charge on any atom is 0.241 e. The summed E-state index contributed by atoms with van der Waals surface area (Å²) < 4.78 is 13.7. The fourth-order valence-electron chi connectivity index (χ4n) is 0.854. The predicted molar refractivity (Wildman–Crippen MR) is 56.4 cm³/mol. The van der Waals surface area contributed by atoms with Gasteiger partial charge in [-0.1, -0.05) is 6.07 Å². The Morgan fingerprint density at radius 1 is 1.64 bits per heavy atom. The highest BCUT2D eigenvalue weighted by atomic mass is 79.9. The van der Waals surface area contributed by atoms with Crippen molar-refractivity contribution in [3.63, 3.8) is 0 Å². The SMILES string of the molecule is C[C@H](N)C(=O)Nc1c(F)cccc1Br.